The van der Waals surface area contributed by atoms with Crippen LogP contribution >= 0.6 is 0 Å². The summed E-state index contributed by atoms with van der Waals surface area (Å²) < 4.78 is 7.14. The molecule has 1 amide bonds. The highest BCUT2D eigenvalue weighted by molar-refractivity contribution is 6.00. The lowest BCUT2D eigenvalue weighted by Crippen LogP contribution is -2.39. The van der Waals surface area contributed by atoms with E-state index in [-0.39, 0.29) is 18.6 Å². The molecule has 0 aromatic carbocycles. The van der Waals surface area contributed by atoms with Gasteiger partial charge in [0.1, 0.15) is 5.65 Å². The fraction of sp³-hybridized carbons (Fsp3) is 0.619. The summed E-state index contributed by atoms with van der Waals surface area (Å²) in [6, 6.07) is 4.01. The number of aryl methyl sites for hydroxylation is 1. The second kappa shape index (κ2) is 8.85. The molecule has 1 saturated carbocycles. The number of fused-ring (bicyclic) bond motifs is 1. The third-order valence-corrected chi connectivity index (χ3v) is 5.84. The SMILES string of the molecule is COCc1cc(C)n2ccc(C(=O)N[C@H]3CCCC(C(C)CCO)C3)c2n1. The van der Waals surface area contributed by atoms with E-state index in [1.807, 2.05) is 29.7 Å². The van der Waals surface area contributed by atoms with Crippen molar-refractivity contribution >= 4 is 11.6 Å². The van der Waals surface area contributed by atoms with E-state index in [9.17, 15) is 9.90 Å². The van der Waals surface area contributed by atoms with Gasteiger partial charge in [0.2, 0.25) is 0 Å². The monoisotopic (exact) mass is 373 g/mol. The molecule has 2 aromatic heterocycles. The zero-order chi connectivity index (χ0) is 19.4. The van der Waals surface area contributed by atoms with Crippen LogP contribution in [-0.2, 0) is 11.3 Å². The fourth-order valence-corrected chi connectivity index (χ4v) is 4.28. The van der Waals surface area contributed by atoms with E-state index >= 15 is 0 Å². The van der Waals surface area contributed by atoms with E-state index < -0.39 is 0 Å². The van der Waals surface area contributed by atoms with Crippen molar-refractivity contribution in [2.75, 3.05) is 13.7 Å². The van der Waals surface area contributed by atoms with E-state index in [2.05, 4.69) is 17.2 Å². The summed E-state index contributed by atoms with van der Waals surface area (Å²) in [5.74, 6) is 1.00. The molecule has 27 heavy (non-hydrogen) atoms. The van der Waals surface area contributed by atoms with Gasteiger partial charge >= 0.3 is 0 Å². The summed E-state index contributed by atoms with van der Waals surface area (Å²) in [4.78, 5) is 17.6. The molecule has 0 saturated heterocycles. The molecule has 2 N–H and O–H groups in total. The molecule has 3 rings (SSSR count). The number of nitrogens with zero attached hydrogens (tertiary/aromatic N) is 2. The Labute approximate surface area is 160 Å². The minimum absolute atomic E-state index is 0.0561. The Hall–Kier alpha value is -1.92. The number of nitrogens with one attached hydrogen (secondary N) is 1. The van der Waals surface area contributed by atoms with E-state index in [1.165, 1.54) is 6.42 Å². The highest BCUT2D eigenvalue weighted by Gasteiger charge is 2.27. The van der Waals surface area contributed by atoms with E-state index in [0.29, 0.717) is 29.7 Å². The molecule has 148 valence electrons. The molecule has 1 aliphatic rings. The highest BCUT2D eigenvalue weighted by atomic mass is 16.5. The van der Waals surface area contributed by atoms with Gasteiger partial charge in [0.15, 0.2) is 0 Å². The number of aromatic nitrogens is 2. The Morgan fingerprint density at radius 3 is 3.04 bits per heavy atom. The molecular formula is C21H31N3O3. The van der Waals surface area contributed by atoms with Crippen LogP contribution in [0.5, 0.6) is 0 Å². The van der Waals surface area contributed by atoms with Crippen molar-refractivity contribution in [2.24, 2.45) is 11.8 Å². The Kier molecular flexibility index (Phi) is 6.50. The van der Waals surface area contributed by atoms with Crippen LogP contribution in [0.2, 0.25) is 0 Å². The van der Waals surface area contributed by atoms with Crippen molar-refractivity contribution in [1.29, 1.82) is 0 Å². The van der Waals surface area contributed by atoms with Crippen molar-refractivity contribution in [2.45, 2.75) is 58.6 Å². The summed E-state index contributed by atoms with van der Waals surface area (Å²) in [6.45, 7) is 4.87. The third-order valence-electron chi connectivity index (χ3n) is 5.84. The third kappa shape index (κ3) is 4.50. The Bertz CT molecular complexity index is 786. The average Bonchev–Trinajstić information content (AvgIpc) is 3.07. The van der Waals surface area contributed by atoms with Crippen LogP contribution in [-0.4, -0.2) is 40.2 Å². The number of amides is 1. The van der Waals surface area contributed by atoms with E-state index in [0.717, 1.165) is 37.1 Å². The molecule has 2 aromatic rings. The Balaban J connectivity index is 1.74. The number of hydrogen-bond donors (Lipinski definition) is 2. The molecule has 2 heterocycles. The maximum absolute atomic E-state index is 12.9. The zero-order valence-corrected chi connectivity index (χ0v) is 16.6. The minimum atomic E-state index is -0.0561. The number of aliphatic hydroxyl groups is 1. The van der Waals surface area contributed by atoms with Gasteiger partial charge in [0, 0.05) is 31.6 Å². The van der Waals surface area contributed by atoms with Crippen molar-refractivity contribution in [3.05, 3.63) is 35.3 Å². The van der Waals surface area contributed by atoms with Gasteiger partial charge in [-0.25, -0.2) is 4.98 Å². The lowest BCUT2D eigenvalue weighted by molar-refractivity contribution is 0.0908. The first kappa shape index (κ1) is 19.8. The molecule has 0 bridgehead atoms. The van der Waals surface area contributed by atoms with E-state index in [4.69, 9.17) is 4.74 Å². The largest absolute Gasteiger partial charge is 0.396 e. The number of carbonyl (C=O) groups excluding carboxylic acids is 1. The van der Waals surface area contributed by atoms with Crippen LogP contribution in [0.25, 0.3) is 5.65 Å². The first-order valence-electron chi connectivity index (χ1n) is 9.91. The summed E-state index contributed by atoms with van der Waals surface area (Å²) in [6.07, 6.45) is 7.04. The number of ether oxygens (including phenoxy) is 1. The normalized spacial score (nSPS) is 21.3. The number of aliphatic hydroxyl groups excluding tert-OH is 1. The number of rotatable bonds is 7. The lowest BCUT2D eigenvalue weighted by Gasteiger charge is -2.33. The predicted octanol–water partition coefficient (Wildman–Crippen LogP) is 3.10. The summed E-state index contributed by atoms with van der Waals surface area (Å²) in [7, 11) is 1.64. The number of methoxy groups -OCH3 is 1. The van der Waals surface area contributed by atoms with Crippen molar-refractivity contribution in [3.8, 4) is 0 Å². The van der Waals surface area contributed by atoms with Crippen molar-refractivity contribution < 1.29 is 14.6 Å². The van der Waals surface area contributed by atoms with E-state index in [1.54, 1.807) is 7.11 Å². The first-order valence-corrected chi connectivity index (χ1v) is 9.91. The minimum Gasteiger partial charge on any atom is -0.396 e. The van der Waals surface area contributed by atoms with Gasteiger partial charge in [-0.05, 0) is 50.2 Å². The molecule has 0 spiro atoms. The van der Waals surface area contributed by atoms with Crippen LogP contribution in [0.3, 0.4) is 0 Å². The maximum Gasteiger partial charge on any atom is 0.255 e. The van der Waals surface area contributed by atoms with Gasteiger partial charge in [0.25, 0.3) is 5.91 Å². The van der Waals surface area contributed by atoms with Crippen LogP contribution in [0.1, 0.15) is 60.8 Å². The molecule has 1 aliphatic carbocycles. The standard InChI is InChI=1S/C21H31N3O3/c1-14(8-10-25)16-5-4-6-17(12-16)23-21(26)19-7-9-24-15(2)11-18(13-27-3)22-20(19)24/h7,9,11,14,16-17,25H,4-6,8,10,12-13H2,1-3H3,(H,23,26)/t14?,16?,17-/m0/s1. The van der Waals surface area contributed by atoms with Crippen molar-refractivity contribution in [3.63, 3.8) is 0 Å². The Morgan fingerprint density at radius 2 is 2.30 bits per heavy atom. The van der Waals surface area contributed by atoms with Gasteiger partial charge < -0.3 is 19.6 Å². The van der Waals surface area contributed by atoms with Gasteiger partial charge in [-0.15, -0.1) is 0 Å². The molecule has 0 aliphatic heterocycles. The van der Waals surface area contributed by atoms with Crippen LogP contribution < -0.4 is 5.32 Å². The second-order valence-corrected chi connectivity index (χ2v) is 7.83. The molecular weight excluding hydrogens is 342 g/mol. The quantitative estimate of drug-likeness (QED) is 0.782. The molecule has 2 unspecified atom stereocenters. The van der Waals surface area contributed by atoms with Crippen molar-refractivity contribution in [1.82, 2.24) is 14.7 Å². The summed E-state index contributed by atoms with van der Waals surface area (Å²) >= 11 is 0. The van der Waals surface area contributed by atoms with Gasteiger partial charge in [0.05, 0.1) is 17.9 Å². The molecule has 6 nitrogen and oxygen atoms in total. The van der Waals surface area contributed by atoms with Gasteiger partial charge in [-0.3, -0.25) is 4.79 Å². The van der Waals surface area contributed by atoms with Crippen LogP contribution in [0.4, 0.5) is 0 Å². The van der Waals surface area contributed by atoms with Crippen LogP contribution in [0, 0.1) is 18.8 Å². The average molecular weight is 373 g/mol. The molecule has 3 atom stereocenters. The molecule has 1 fully saturated rings. The maximum atomic E-state index is 12.9. The molecule has 0 radical (unpaired) electrons. The summed E-state index contributed by atoms with van der Waals surface area (Å²) in [5.41, 5.74) is 3.15. The zero-order valence-electron chi connectivity index (χ0n) is 16.6. The lowest BCUT2D eigenvalue weighted by atomic mass is 9.77. The molecule has 6 heteroatoms. The number of hydrogen-bond acceptors (Lipinski definition) is 4. The predicted molar refractivity (Wildman–Crippen MR) is 105 cm³/mol. The van der Waals surface area contributed by atoms with Gasteiger partial charge in [-0.2, -0.15) is 0 Å². The fourth-order valence-electron chi connectivity index (χ4n) is 4.28. The summed E-state index contributed by atoms with van der Waals surface area (Å²) in [5, 5.41) is 12.4. The number of carbonyl (C=O) groups is 1. The topological polar surface area (TPSA) is 75.9 Å². The van der Waals surface area contributed by atoms with Crippen LogP contribution in [0.15, 0.2) is 18.3 Å². The second-order valence-electron chi connectivity index (χ2n) is 7.83. The Morgan fingerprint density at radius 1 is 1.48 bits per heavy atom. The highest BCUT2D eigenvalue weighted by Crippen LogP contribution is 2.32. The smallest absolute Gasteiger partial charge is 0.255 e. The first-order chi connectivity index (χ1) is 13.0. The van der Waals surface area contributed by atoms with Gasteiger partial charge in [-0.1, -0.05) is 19.8 Å².